The van der Waals surface area contributed by atoms with Crippen molar-refractivity contribution in [2.75, 3.05) is 19.8 Å². The molecule has 0 radical (unpaired) electrons. The number of nitrogens with zero attached hydrogens (tertiary/aromatic N) is 2. The Kier molecular flexibility index (Phi) is 4.36. The first kappa shape index (κ1) is 16.0. The molecule has 3 aliphatic rings. The van der Waals surface area contributed by atoms with Crippen LogP contribution in [0.5, 0.6) is 5.75 Å². The number of piperidine rings is 1. The molecule has 0 saturated carbocycles. The molecule has 2 fully saturated rings. The Labute approximate surface area is 205 Å². The molecular weight excluding hydrogens is 438 g/mol. The van der Waals surface area contributed by atoms with Gasteiger partial charge in [0.15, 0.2) is 0 Å². The highest BCUT2D eigenvalue weighted by Gasteiger charge is 2.40. The molecule has 176 valence electrons. The molecule has 0 spiro atoms. The normalized spacial score (nSPS) is 23.4. The summed E-state index contributed by atoms with van der Waals surface area (Å²) < 4.78 is 61.8. The van der Waals surface area contributed by atoms with E-state index in [1.54, 1.807) is 18.2 Å². The second kappa shape index (κ2) is 9.26. The quantitative estimate of drug-likeness (QED) is 0.641. The third-order valence-electron chi connectivity index (χ3n) is 5.82. The summed E-state index contributed by atoms with van der Waals surface area (Å²) >= 11 is 0. The van der Waals surface area contributed by atoms with Crippen LogP contribution in [-0.4, -0.2) is 59.2 Å². The predicted octanol–water partition coefficient (Wildman–Crippen LogP) is 1.39. The first-order valence-electron chi connectivity index (χ1n) is 13.8. The molecular formula is C25H25N3O6. The molecule has 3 aliphatic heterocycles. The molecule has 5 rings (SSSR count). The van der Waals surface area contributed by atoms with E-state index in [4.69, 9.17) is 17.7 Å². The Bertz CT molecular complexity index is 1420. The maximum atomic E-state index is 13.1. The van der Waals surface area contributed by atoms with E-state index in [1.165, 1.54) is 4.90 Å². The summed E-state index contributed by atoms with van der Waals surface area (Å²) in [4.78, 5) is 51.4. The van der Waals surface area contributed by atoms with Gasteiger partial charge in [-0.25, -0.2) is 0 Å². The lowest BCUT2D eigenvalue weighted by Gasteiger charge is -2.29. The van der Waals surface area contributed by atoms with Gasteiger partial charge < -0.3 is 19.3 Å². The number of ether oxygens (including phenoxy) is 2. The fraction of sp³-hybridized carbons (Fsp3) is 0.360. The number of fused-ring (bicyclic) bond motifs is 1. The van der Waals surface area contributed by atoms with Crippen molar-refractivity contribution in [1.29, 1.82) is 0 Å². The number of carbonyl (C=O) groups is 4. The maximum Gasteiger partial charge on any atom is 0.255 e. The molecule has 0 aromatic heterocycles. The molecule has 9 heteroatoms. The largest absolute Gasteiger partial charge is 0.489 e. The van der Waals surface area contributed by atoms with Gasteiger partial charge in [-0.3, -0.25) is 24.5 Å². The van der Waals surface area contributed by atoms with Crippen molar-refractivity contribution in [3.63, 3.8) is 0 Å². The van der Waals surface area contributed by atoms with Crippen LogP contribution in [-0.2, 0) is 38.8 Å². The fourth-order valence-electron chi connectivity index (χ4n) is 4.08. The topological polar surface area (TPSA) is 105 Å². The van der Waals surface area contributed by atoms with Crippen molar-refractivity contribution < 1.29 is 36.9 Å². The van der Waals surface area contributed by atoms with E-state index in [-0.39, 0.29) is 50.5 Å². The van der Waals surface area contributed by atoms with E-state index < -0.39 is 72.5 Å². The summed E-state index contributed by atoms with van der Waals surface area (Å²) in [5, 5.41) is 2.24. The molecule has 1 N–H and O–H groups in total. The van der Waals surface area contributed by atoms with Gasteiger partial charge in [0, 0.05) is 30.6 Å². The smallest absolute Gasteiger partial charge is 0.255 e. The Morgan fingerprint density at radius 1 is 1.15 bits per heavy atom. The van der Waals surface area contributed by atoms with Gasteiger partial charge in [-0.05, 0) is 29.7 Å². The minimum Gasteiger partial charge on any atom is -0.489 e. The number of amides is 4. The summed E-state index contributed by atoms with van der Waals surface area (Å²) in [5.74, 6) is -1.77. The number of morpholine rings is 1. The summed E-state index contributed by atoms with van der Waals surface area (Å²) in [6, 6.07) is 1.60. The summed E-state index contributed by atoms with van der Waals surface area (Å²) in [7, 11) is 0. The minimum absolute atomic E-state index is 0.0399. The van der Waals surface area contributed by atoms with Gasteiger partial charge in [0.25, 0.3) is 5.91 Å². The van der Waals surface area contributed by atoms with E-state index in [0.29, 0.717) is 11.1 Å². The van der Waals surface area contributed by atoms with Crippen molar-refractivity contribution in [3.8, 4) is 5.75 Å². The molecule has 1 atom stereocenters. The predicted molar refractivity (Wildman–Crippen MR) is 119 cm³/mol. The average Bonchev–Trinajstić information content (AvgIpc) is 3.24. The SMILES string of the molecule is [2H]c1c([2H])c(C([2H])([2H])N2CCOCC2=O)c([2H])c([2H])c1COc1cccc2c1CN(C1CCC(=O)NC1=O)C2=O. The molecule has 3 heterocycles. The zero-order chi connectivity index (χ0) is 28.9. The van der Waals surface area contributed by atoms with E-state index in [0.717, 1.165) is 4.90 Å². The van der Waals surface area contributed by atoms with E-state index >= 15 is 0 Å². The van der Waals surface area contributed by atoms with Crippen LogP contribution in [0.25, 0.3) is 0 Å². The molecule has 2 aromatic rings. The zero-order valence-electron chi connectivity index (χ0n) is 24.1. The molecule has 9 nitrogen and oxygen atoms in total. The molecule has 0 aliphatic carbocycles. The van der Waals surface area contributed by atoms with Crippen LogP contribution < -0.4 is 10.1 Å². The monoisotopic (exact) mass is 469 g/mol. The molecule has 34 heavy (non-hydrogen) atoms. The van der Waals surface area contributed by atoms with Crippen LogP contribution in [0.3, 0.4) is 0 Å². The number of hydrogen-bond donors (Lipinski definition) is 1. The minimum atomic E-state index is -2.61. The number of imide groups is 1. The third kappa shape index (κ3) is 4.38. The van der Waals surface area contributed by atoms with Crippen molar-refractivity contribution in [3.05, 3.63) is 64.6 Å². The van der Waals surface area contributed by atoms with Crippen LogP contribution in [0, 0.1) is 0 Å². The first-order valence-corrected chi connectivity index (χ1v) is 10.8. The van der Waals surface area contributed by atoms with Crippen LogP contribution in [0.15, 0.2) is 42.4 Å². The Hall–Kier alpha value is -3.72. The van der Waals surface area contributed by atoms with Crippen molar-refractivity contribution >= 4 is 23.6 Å². The van der Waals surface area contributed by atoms with E-state index in [1.807, 2.05) is 0 Å². The van der Waals surface area contributed by atoms with Gasteiger partial charge in [-0.2, -0.15) is 0 Å². The lowest BCUT2D eigenvalue weighted by atomic mass is 10.0. The molecule has 2 saturated heterocycles. The van der Waals surface area contributed by atoms with Gasteiger partial charge in [0.1, 0.15) is 25.0 Å². The fourth-order valence-corrected chi connectivity index (χ4v) is 4.08. The van der Waals surface area contributed by atoms with Crippen molar-refractivity contribution in [2.45, 2.75) is 38.5 Å². The second-order valence-electron chi connectivity index (χ2n) is 8.03. The summed E-state index contributed by atoms with van der Waals surface area (Å²) in [6.07, 6.45) is 0.302. The zero-order valence-corrected chi connectivity index (χ0v) is 18.1. The van der Waals surface area contributed by atoms with E-state index in [2.05, 4.69) is 5.32 Å². The highest BCUT2D eigenvalue weighted by Crippen LogP contribution is 2.34. The van der Waals surface area contributed by atoms with Gasteiger partial charge >= 0.3 is 0 Å². The van der Waals surface area contributed by atoms with Crippen LogP contribution in [0.4, 0.5) is 0 Å². The van der Waals surface area contributed by atoms with Gasteiger partial charge in [0.2, 0.25) is 17.7 Å². The van der Waals surface area contributed by atoms with Gasteiger partial charge in [-0.1, -0.05) is 30.2 Å². The molecule has 0 bridgehead atoms. The number of benzene rings is 2. The highest BCUT2D eigenvalue weighted by molar-refractivity contribution is 6.05. The molecule has 2 aromatic carbocycles. The summed E-state index contributed by atoms with van der Waals surface area (Å²) in [5.41, 5.74) is 0.0890. The Balaban J connectivity index is 1.41. The lowest BCUT2D eigenvalue weighted by molar-refractivity contribution is -0.143. The Morgan fingerprint density at radius 2 is 1.94 bits per heavy atom. The maximum absolute atomic E-state index is 13.1. The number of nitrogens with one attached hydrogen (secondary N) is 1. The number of carbonyl (C=O) groups excluding carboxylic acids is 4. The van der Waals surface area contributed by atoms with Crippen molar-refractivity contribution in [2.24, 2.45) is 0 Å². The van der Waals surface area contributed by atoms with Gasteiger partial charge in [0.05, 0.1) is 21.4 Å². The third-order valence-corrected chi connectivity index (χ3v) is 5.82. The van der Waals surface area contributed by atoms with Crippen LogP contribution in [0.1, 0.15) is 48.1 Å². The van der Waals surface area contributed by atoms with Crippen LogP contribution in [0.2, 0.25) is 0 Å². The number of rotatable bonds is 6. The van der Waals surface area contributed by atoms with Crippen molar-refractivity contribution in [1.82, 2.24) is 15.1 Å². The second-order valence-corrected chi connectivity index (χ2v) is 8.03. The molecule has 1 unspecified atom stereocenters. The van der Waals surface area contributed by atoms with Crippen LogP contribution >= 0.6 is 0 Å². The standard InChI is InChI=1S/C25H25N3O6/c29-22-9-8-20(24(31)26-22)28-13-19-18(25(28)32)2-1-3-21(19)34-14-17-6-4-16(5-7-17)12-27-10-11-33-15-23(27)30/h1-7,20H,8-15H2,(H,26,29,31)/i4D,5D,6D,7D,12D2. The van der Waals surface area contributed by atoms with Gasteiger partial charge in [-0.15, -0.1) is 0 Å². The lowest BCUT2D eigenvalue weighted by Crippen LogP contribution is -2.52. The Morgan fingerprint density at radius 3 is 2.71 bits per heavy atom. The van der Waals surface area contributed by atoms with E-state index in [9.17, 15) is 19.2 Å². The number of hydrogen-bond acceptors (Lipinski definition) is 6. The first-order chi connectivity index (χ1) is 18.9. The average molecular weight is 470 g/mol. The molecule has 4 amide bonds. The highest BCUT2D eigenvalue weighted by atomic mass is 16.5. The summed E-state index contributed by atoms with van der Waals surface area (Å²) in [6.45, 7) is -3.37.